The monoisotopic (exact) mass is 384 g/mol. The zero-order chi connectivity index (χ0) is 19.5. The van der Waals surface area contributed by atoms with E-state index in [2.05, 4.69) is 10.00 Å². The van der Waals surface area contributed by atoms with Gasteiger partial charge >= 0.3 is 0 Å². The van der Waals surface area contributed by atoms with Crippen molar-refractivity contribution in [1.29, 1.82) is 0 Å². The summed E-state index contributed by atoms with van der Waals surface area (Å²) in [6.07, 6.45) is 0.647. The predicted molar refractivity (Wildman–Crippen MR) is 102 cm³/mol. The lowest BCUT2D eigenvalue weighted by Gasteiger charge is -2.38. The second kappa shape index (κ2) is 8.02. The lowest BCUT2D eigenvalue weighted by Crippen LogP contribution is -2.56. The molecule has 1 saturated heterocycles. The van der Waals surface area contributed by atoms with Crippen molar-refractivity contribution in [3.8, 4) is 11.5 Å². The lowest BCUT2D eigenvalue weighted by molar-refractivity contribution is -0.146. The van der Waals surface area contributed by atoms with Crippen LogP contribution < -0.4 is 15.0 Å². The Balaban J connectivity index is 1.31. The molecule has 2 aliphatic heterocycles. The Bertz CT molecular complexity index is 892. The average molecular weight is 384 g/mol. The maximum Gasteiger partial charge on any atom is 0.267 e. The van der Waals surface area contributed by atoms with Crippen LogP contribution in [0.3, 0.4) is 0 Å². The number of aromatic nitrogens is 2. The van der Waals surface area contributed by atoms with Crippen LogP contribution in [0.15, 0.2) is 47.4 Å². The maximum atomic E-state index is 13.0. The molecule has 148 valence electrons. The maximum absolute atomic E-state index is 13.0. The topological polar surface area (TPSA) is 76.9 Å². The van der Waals surface area contributed by atoms with E-state index >= 15 is 0 Å². The van der Waals surface area contributed by atoms with Gasteiger partial charge in [0.1, 0.15) is 6.10 Å². The molecule has 0 spiro atoms. The van der Waals surface area contributed by atoms with E-state index in [-0.39, 0.29) is 17.6 Å². The summed E-state index contributed by atoms with van der Waals surface area (Å²) in [6, 6.07) is 10.6. The van der Waals surface area contributed by atoms with Crippen molar-refractivity contribution in [3.63, 3.8) is 0 Å². The molecule has 2 aliphatic rings. The average Bonchev–Trinajstić information content (AvgIpc) is 2.72. The molecule has 0 aliphatic carbocycles. The van der Waals surface area contributed by atoms with Gasteiger partial charge < -0.3 is 14.4 Å². The summed E-state index contributed by atoms with van der Waals surface area (Å²) in [5, 5.41) is 4.08. The van der Waals surface area contributed by atoms with Gasteiger partial charge in [-0.3, -0.25) is 14.5 Å². The second-order valence-corrected chi connectivity index (χ2v) is 7.06. The minimum atomic E-state index is -0.631. The molecular weight excluding hydrogens is 360 g/mol. The highest BCUT2D eigenvalue weighted by atomic mass is 16.6. The summed E-state index contributed by atoms with van der Waals surface area (Å²) in [4.78, 5) is 28.8. The molecule has 1 aromatic heterocycles. The van der Waals surface area contributed by atoms with Crippen molar-refractivity contribution >= 4 is 5.91 Å². The Hall–Kier alpha value is -2.87. The first-order valence-corrected chi connectivity index (χ1v) is 9.57. The molecule has 0 bridgehead atoms. The van der Waals surface area contributed by atoms with Crippen molar-refractivity contribution in [2.45, 2.75) is 25.7 Å². The molecule has 2 unspecified atom stereocenters. The minimum Gasteiger partial charge on any atom is -0.482 e. The number of carbonyl (C=O) groups is 1. The van der Waals surface area contributed by atoms with E-state index in [1.165, 1.54) is 10.7 Å². The minimum absolute atomic E-state index is 0.0393. The highest BCUT2D eigenvalue weighted by molar-refractivity contribution is 5.82. The summed E-state index contributed by atoms with van der Waals surface area (Å²) in [6.45, 7) is 5.90. The van der Waals surface area contributed by atoms with Crippen LogP contribution in [0.5, 0.6) is 11.5 Å². The van der Waals surface area contributed by atoms with Crippen LogP contribution in [0.1, 0.15) is 6.92 Å². The van der Waals surface area contributed by atoms with Gasteiger partial charge in [-0.05, 0) is 25.1 Å². The number of carbonyl (C=O) groups excluding carboxylic acids is 1. The highest BCUT2D eigenvalue weighted by Crippen LogP contribution is 2.33. The molecular formula is C20H24N4O4. The fraction of sp³-hybridized carbons (Fsp3) is 0.450. The van der Waals surface area contributed by atoms with Crippen LogP contribution in [-0.2, 0) is 11.3 Å². The van der Waals surface area contributed by atoms with E-state index in [0.717, 1.165) is 19.6 Å². The molecule has 0 radical (unpaired) electrons. The number of fused-ring (bicyclic) bond motifs is 1. The molecule has 1 fully saturated rings. The molecule has 28 heavy (non-hydrogen) atoms. The van der Waals surface area contributed by atoms with Crippen molar-refractivity contribution in [3.05, 3.63) is 52.9 Å². The van der Waals surface area contributed by atoms with Gasteiger partial charge in [0.2, 0.25) is 6.10 Å². The summed E-state index contributed by atoms with van der Waals surface area (Å²) in [7, 11) is 0. The molecule has 1 aromatic carbocycles. The number of hydrogen-bond acceptors (Lipinski definition) is 6. The number of benzene rings is 1. The number of para-hydroxylation sites is 2. The number of rotatable bonds is 4. The number of nitrogens with zero attached hydrogens (tertiary/aromatic N) is 4. The van der Waals surface area contributed by atoms with Crippen LogP contribution >= 0.6 is 0 Å². The van der Waals surface area contributed by atoms with Gasteiger partial charge in [-0.2, -0.15) is 5.10 Å². The van der Waals surface area contributed by atoms with E-state index in [0.29, 0.717) is 31.1 Å². The van der Waals surface area contributed by atoms with E-state index in [9.17, 15) is 9.59 Å². The summed E-state index contributed by atoms with van der Waals surface area (Å²) >= 11 is 0. The number of hydrogen-bond donors (Lipinski definition) is 0. The number of amides is 1. The second-order valence-electron chi connectivity index (χ2n) is 7.06. The van der Waals surface area contributed by atoms with E-state index in [4.69, 9.17) is 9.47 Å². The Morgan fingerprint density at radius 1 is 1.04 bits per heavy atom. The van der Waals surface area contributed by atoms with Crippen molar-refractivity contribution in [2.75, 3.05) is 32.7 Å². The Morgan fingerprint density at radius 3 is 2.46 bits per heavy atom. The molecule has 2 aromatic rings. The van der Waals surface area contributed by atoms with Gasteiger partial charge in [-0.25, -0.2) is 4.68 Å². The van der Waals surface area contributed by atoms with E-state index in [1.807, 2.05) is 36.1 Å². The Morgan fingerprint density at radius 2 is 1.75 bits per heavy atom. The van der Waals surface area contributed by atoms with E-state index in [1.54, 1.807) is 12.3 Å². The van der Waals surface area contributed by atoms with Gasteiger partial charge in [0.15, 0.2) is 11.5 Å². The Kier molecular flexibility index (Phi) is 5.29. The number of piperazine rings is 1. The zero-order valence-electron chi connectivity index (χ0n) is 15.9. The van der Waals surface area contributed by atoms with E-state index < -0.39 is 6.10 Å². The quantitative estimate of drug-likeness (QED) is 0.769. The molecule has 8 heteroatoms. The zero-order valence-corrected chi connectivity index (χ0v) is 15.9. The van der Waals surface area contributed by atoms with Crippen LogP contribution in [0.25, 0.3) is 0 Å². The third-order valence-electron chi connectivity index (χ3n) is 5.18. The van der Waals surface area contributed by atoms with Crippen LogP contribution in [0.4, 0.5) is 0 Å². The van der Waals surface area contributed by atoms with Crippen molar-refractivity contribution in [2.24, 2.45) is 0 Å². The van der Waals surface area contributed by atoms with Crippen LogP contribution in [0, 0.1) is 0 Å². The highest BCUT2D eigenvalue weighted by Gasteiger charge is 2.37. The van der Waals surface area contributed by atoms with Gasteiger partial charge in [-0.15, -0.1) is 0 Å². The fourth-order valence-corrected chi connectivity index (χ4v) is 3.55. The smallest absolute Gasteiger partial charge is 0.267 e. The molecule has 1 amide bonds. The normalized spacial score (nSPS) is 22.1. The molecule has 8 nitrogen and oxygen atoms in total. The molecule has 0 N–H and O–H groups in total. The van der Waals surface area contributed by atoms with Crippen molar-refractivity contribution in [1.82, 2.24) is 19.6 Å². The van der Waals surface area contributed by atoms with Crippen molar-refractivity contribution < 1.29 is 14.3 Å². The standard InChI is InChI=1S/C20H24N4O4/c1-15-19(28-17-6-3-2-5-16(17)27-15)20(26)23-12-9-22(10-13-23)11-14-24-18(25)7-4-8-21-24/h2-8,15,19H,9-14H2,1H3. The summed E-state index contributed by atoms with van der Waals surface area (Å²) in [5.41, 5.74) is -0.0972. The molecule has 3 heterocycles. The summed E-state index contributed by atoms with van der Waals surface area (Å²) in [5.74, 6) is 1.25. The predicted octanol–water partition coefficient (Wildman–Crippen LogP) is 0.616. The molecule has 4 rings (SSSR count). The Labute approximate surface area is 163 Å². The fourth-order valence-electron chi connectivity index (χ4n) is 3.55. The van der Waals surface area contributed by atoms with Crippen LogP contribution in [0.2, 0.25) is 0 Å². The van der Waals surface area contributed by atoms with Gasteiger partial charge in [0, 0.05) is 45.0 Å². The summed E-state index contributed by atoms with van der Waals surface area (Å²) < 4.78 is 13.2. The largest absolute Gasteiger partial charge is 0.482 e. The first kappa shape index (κ1) is 18.5. The first-order valence-electron chi connectivity index (χ1n) is 9.57. The molecule has 2 atom stereocenters. The van der Waals surface area contributed by atoms with Gasteiger partial charge in [0.25, 0.3) is 11.5 Å². The third-order valence-corrected chi connectivity index (χ3v) is 5.18. The lowest BCUT2D eigenvalue weighted by atomic mass is 10.1. The number of ether oxygens (including phenoxy) is 2. The van der Waals surface area contributed by atoms with Gasteiger partial charge in [-0.1, -0.05) is 12.1 Å². The first-order chi connectivity index (χ1) is 13.6. The third kappa shape index (κ3) is 3.87. The van der Waals surface area contributed by atoms with Gasteiger partial charge in [0.05, 0.1) is 6.54 Å². The molecule has 0 saturated carbocycles. The van der Waals surface area contributed by atoms with Crippen LogP contribution in [-0.4, -0.2) is 70.4 Å². The SMILES string of the molecule is CC1Oc2ccccc2OC1C(=O)N1CCN(CCn2ncccc2=O)CC1.